The van der Waals surface area contributed by atoms with Crippen molar-refractivity contribution in [1.29, 1.82) is 0 Å². The number of benzene rings is 2. The zero-order valence-corrected chi connectivity index (χ0v) is 19.2. The summed E-state index contributed by atoms with van der Waals surface area (Å²) < 4.78 is 0. The number of H-pyrrole nitrogens is 2. The van der Waals surface area contributed by atoms with E-state index < -0.39 is 0 Å². The third-order valence-corrected chi connectivity index (χ3v) is 7.03. The van der Waals surface area contributed by atoms with Crippen LogP contribution in [0.4, 0.5) is 0 Å². The van der Waals surface area contributed by atoms with Crippen LogP contribution >= 0.6 is 0 Å². The van der Waals surface area contributed by atoms with Crippen molar-refractivity contribution >= 4 is 28.2 Å². The van der Waals surface area contributed by atoms with Crippen LogP contribution in [0.15, 0.2) is 73.2 Å². The van der Waals surface area contributed by atoms with Crippen molar-refractivity contribution in [3.05, 3.63) is 78.8 Å². The number of rotatable bonds is 5. The number of carbonyl (C=O) groups is 1. The first kappa shape index (κ1) is 20.8. The molecule has 5 aromatic rings. The summed E-state index contributed by atoms with van der Waals surface area (Å²) in [5.74, 6) is 0. The molecule has 34 heavy (non-hydrogen) atoms. The molecule has 0 radical (unpaired) electrons. The standard InChI is InChI=1S/C28H27N5O/c1-32-10-11-33(17-24(32)18-34)16-19-2-4-20(5-3-19)23-13-25-26(15-31-28(25)30-14-23)21-6-7-27-22(12-21)8-9-29-27/h2-9,12-15,18,24,29H,10-11,16-17H2,1H3,(H,30,31). The second kappa shape index (κ2) is 8.56. The number of aldehydes is 1. The lowest BCUT2D eigenvalue weighted by Crippen LogP contribution is -2.51. The van der Waals surface area contributed by atoms with Gasteiger partial charge in [0.1, 0.15) is 11.9 Å². The smallest absolute Gasteiger partial charge is 0.138 e. The number of carbonyl (C=O) groups excluding carboxylic acids is 1. The van der Waals surface area contributed by atoms with Gasteiger partial charge in [-0.05, 0) is 53.4 Å². The van der Waals surface area contributed by atoms with Crippen LogP contribution in [-0.4, -0.2) is 63.8 Å². The molecule has 0 amide bonds. The molecule has 1 fully saturated rings. The molecule has 0 aliphatic carbocycles. The third-order valence-electron chi connectivity index (χ3n) is 7.03. The van der Waals surface area contributed by atoms with E-state index in [0.29, 0.717) is 0 Å². The Morgan fingerprint density at radius 1 is 1.00 bits per heavy atom. The molecule has 170 valence electrons. The first-order valence-corrected chi connectivity index (χ1v) is 11.7. The van der Waals surface area contributed by atoms with Crippen LogP contribution in [0, 0.1) is 0 Å². The number of hydrogen-bond donors (Lipinski definition) is 2. The van der Waals surface area contributed by atoms with Crippen molar-refractivity contribution in [2.24, 2.45) is 0 Å². The minimum atomic E-state index is -0.0145. The average Bonchev–Trinajstić information content (AvgIpc) is 3.51. The number of aromatic amines is 2. The maximum absolute atomic E-state index is 11.3. The second-order valence-electron chi connectivity index (χ2n) is 9.22. The van der Waals surface area contributed by atoms with E-state index in [1.165, 1.54) is 16.5 Å². The number of nitrogens with zero attached hydrogens (tertiary/aromatic N) is 3. The lowest BCUT2D eigenvalue weighted by Gasteiger charge is -2.36. The van der Waals surface area contributed by atoms with E-state index >= 15 is 0 Å². The highest BCUT2D eigenvalue weighted by molar-refractivity contribution is 5.98. The lowest BCUT2D eigenvalue weighted by molar-refractivity contribution is -0.114. The molecule has 2 N–H and O–H groups in total. The van der Waals surface area contributed by atoms with Crippen LogP contribution < -0.4 is 0 Å². The van der Waals surface area contributed by atoms with E-state index in [-0.39, 0.29) is 6.04 Å². The summed E-state index contributed by atoms with van der Waals surface area (Å²) >= 11 is 0. The van der Waals surface area contributed by atoms with Gasteiger partial charge in [-0.1, -0.05) is 30.3 Å². The Kier molecular flexibility index (Phi) is 5.24. The van der Waals surface area contributed by atoms with E-state index in [2.05, 4.69) is 79.3 Å². The maximum Gasteiger partial charge on any atom is 0.138 e. The molecule has 1 saturated heterocycles. The predicted octanol–water partition coefficient (Wildman–Crippen LogP) is 4.69. The van der Waals surface area contributed by atoms with Crippen molar-refractivity contribution in [1.82, 2.24) is 24.8 Å². The summed E-state index contributed by atoms with van der Waals surface area (Å²) in [5, 5.41) is 2.32. The van der Waals surface area contributed by atoms with Crippen molar-refractivity contribution in [3.8, 4) is 22.3 Å². The third kappa shape index (κ3) is 3.81. The first-order chi connectivity index (χ1) is 16.7. The van der Waals surface area contributed by atoms with Crippen LogP contribution in [-0.2, 0) is 11.3 Å². The molecule has 1 unspecified atom stereocenters. The summed E-state index contributed by atoms with van der Waals surface area (Å²) in [7, 11) is 2.02. The van der Waals surface area contributed by atoms with Crippen LogP contribution in [0.1, 0.15) is 5.56 Å². The monoisotopic (exact) mass is 449 g/mol. The molecule has 3 aromatic heterocycles. The Labute approximate surface area is 198 Å². The number of pyridine rings is 1. The summed E-state index contributed by atoms with van der Waals surface area (Å²) in [6.07, 6.45) is 7.00. The van der Waals surface area contributed by atoms with E-state index in [1.54, 1.807) is 0 Å². The van der Waals surface area contributed by atoms with Gasteiger partial charge < -0.3 is 14.8 Å². The van der Waals surface area contributed by atoms with E-state index in [4.69, 9.17) is 0 Å². The number of fused-ring (bicyclic) bond motifs is 2. The number of likely N-dealkylation sites (N-methyl/N-ethyl adjacent to an activating group) is 1. The Balaban J connectivity index is 1.25. The van der Waals surface area contributed by atoms with Crippen LogP contribution in [0.5, 0.6) is 0 Å². The van der Waals surface area contributed by atoms with Gasteiger partial charge in [-0.2, -0.15) is 0 Å². The molecule has 1 aliphatic heterocycles. The molecule has 1 aliphatic rings. The SMILES string of the molecule is CN1CCN(Cc2ccc(-c3cnc4[nH]cc(-c5ccc6[nH]ccc6c5)c4c3)cc2)CC1C=O. The fraction of sp³-hybridized carbons (Fsp3) is 0.214. The summed E-state index contributed by atoms with van der Waals surface area (Å²) in [5.41, 5.74) is 7.87. The van der Waals surface area contributed by atoms with Gasteiger partial charge in [0.2, 0.25) is 0 Å². The number of nitrogens with one attached hydrogen (secondary N) is 2. The van der Waals surface area contributed by atoms with E-state index in [9.17, 15) is 4.79 Å². The van der Waals surface area contributed by atoms with Crippen molar-refractivity contribution < 1.29 is 4.79 Å². The zero-order valence-electron chi connectivity index (χ0n) is 19.2. The summed E-state index contributed by atoms with van der Waals surface area (Å²) in [6.45, 7) is 3.55. The topological polar surface area (TPSA) is 68.0 Å². The quantitative estimate of drug-likeness (QED) is 0.382. The molecular weight excluding hydrogens is 422 g/mol. The molecule has 4 heterocycles. The predicted molar refractivity (Wildman–Crippen MR) is 137 cm³/mol. The molecule has 2 aromatic carbocycles. The first-order valence-electron chi connectivity index (χ1n) is 11.7. The lowest BCUT2D eigenvalue weighted by atomic mass is 10.0. The molecule has 6 nitrogen and oxygen atoms in total. The van der Waals surface area contributed by atoms with Gasteiger partial charge in [-0.15, -0.1) is 0 Å². The van der Waals surface area contributed by atoms with Crippen LogP contribution in [0.2, 0.25) is 0 Å². The fourth-order valence-corrected chi connectivity index (χ4v) is 4.93. The van der Waals surface area contributed by atoms with Gasteiger partial charge in [-0.25, -0.2) is 4.98 Å². The van der Waals surface area contributed by atoms with Gasteiger partial charge in [0, 0.05) is 66.8 Å². The number of aromatic nitrogens is 3. The largest absolute Gasteiger partial charge is 0.361 e. The minimum absolute atomic E-state index is 0.0145. The normalized spacial score (nSPS) is 17.5. The zero-order chi connectivity index (χ0) is 23.1. The summed E-state index contributed by atoms with van der Waals surface area (Å²) in [6, 6.07) is 19.5. The van der Waals surface area contributed by atoms with Gasteiger partial charge in [0.25, 0.3) is 0 Å². The second-order valence-corrected chi connectivity index (χ2v) is 9.22. The highest BCUT2D eigenvalue weighted by Gasteiger charge is 2.23. The van der Waals surface area contributed by atoms with E-state index in [0.717, 1.165) is 65.7 Å². The van der Waals surface area contributed by atoms with Crippen LogP contribution in [0.3, 0.4) is 0 Å². The highest BCUT2D eigenvalue weighted by atomic mass is 16.1. The Morgan fingerprint density at radius 2 is 1.85 bits per heavy atom. The molecule has 6 heteroatoms. The van der Waals surface area contributed by atoms with Gasteiger partial charge >= 0.3 is 0 Å². The van der Waals surface area contributed by atoms with Gasteiger partial charge in [0.15, 0.2) is 0 Å². The van der Waals surface area contributed by atoms with E-state index in [1.807, 2.05) is 25.6 Å². The van der Waals surface area contributed by atoms with Crippen molar-refractivity contribution in [3.63, 3.8) is 0 Å². The molecule has 1 atom stereocenters. The van der Waals surface area contributed by atoms with Crippen molar-refractivity contribution in [2.75, 3.05) is 26.7 Å². The number of piperazine rings is 1. The Morgan fingerprint density at radius 3 is 2.71 bits per heavy atom. The Hall–Kier alpha value is -3.74. The fourth-order valence-electron chi connectivity index (χ4n) is 4.93. The minimum Gasteiger partial charge on any atom is -0.361 e. The Bertz CT molecular complexity index is 1470. The molecular formula is C28H27N5O. The molecule has 0 bridgehead atoms. The average molecular weight is 450 g/mol. The maximum atomic E-state index is 11.3. The molecule has 0 saturated carbocycles. The summed E-state index contributed by atoms with van der Waals surface area (Å²) in [4.78, 5) is 27.1. The number of hydrogen-bond acceptors (Lipinski definition) is 4. The highest BCUT2D eigenvalue weighted by Crippen LogP contribution is 2.32. The van der Waals surface area contributed by atoms with Gasteiger partial charge in [-0.3, -0.25) is 9.80 Å². The van der Waals surface area contributed by atoms with Crippen molar-refractivity contribution in [2.45, 2.75) is 12.6 Å². The molecule has 0 spiro atoms. The van der Waals surface area contributed by atoms with Crippen LogP contribution in [0.25, 0.3) is 44.2 Å². The molecule has 6 rings (SSSR count). The van der Waals surface area contributed by atoms with Gasteiger partial charge in [0.05, 0.1) is 6.04 Å².